The van der Waals surface area contributed by atoms with Gasteiger partial charge in [0.15, 0.2) is 5.78 Å². The summed E-state index contributed by atoms with van der Waals surface area (Å²) in [5.74, 6) is 0.287. The lowest BCUT2D eigenvalue weighted by atomic mass is 9.69. The van der Waals surface area contributed by atoms with E-state index in [9.17, 15) is 4.79 Å². The van der Waals surface area contributed by atoms with Crippen molar-refractivity contribution in [1.82, 2.24) is 5.32 Å². The second-order valence-electron chi connectivity index (χ2n) is 5.47. The Bertz CT molecular complexity index is 596. The summed E-state index contributed by atoms with van der Waals surface area (Å²) in [4.78, 5) is 14.3. The second kappa shape index (κ2) is 5.51. The number of hydrogen-bond donors (Lipinski definition) is 1. The van der Waals surface area contributed by atoms with Crippen molar-refractivity contribution in [3.63, 3.8) is 0 Å². The molecule has 1 aromatic carbocycles. The molecule has 1 saturated heterocycles. The molecule has 20 heavy (non-hydrogen) atoms. The summed E-state index contributed by atoms with van der Waals surface area (Å²) in [5.41, 5.74) is 1.69. The van der Waals surface area contributed by atoms with Gasteiger partial charge in [0, 0.05) is 15.8 Å². The van der Waals surface area contributed by atoms with Crippen molar-refractivity contribution in [3.05, 3.63) is 57.8 Å². The zero-order valence-corrected chi connectivity index (χ0v) is 12.5. The molecule has 0 unspecified atom stereocenters. The quantitative estimate of drug-likeness (QED) is 0.874. The number of Topliss-reactive ketones (excluding diaryl/α,β-unsaturated/α-hetero) is 1. The number of nitrogens with one attached hydrogen (secondary N) is 1. The van der Waals surface area contributed by atoms with Crippen LogP contribution >= 0.6 is 11.3 Å². The van der Waals surface area contributed by atoms with Crippen LogP contribution in [0.25, 0.3) is 0 Å². The summed E-state index contributed by atoms with van der Waals surface area (Å²) in [5, 5.41) is 5.38. The third-order valence-electron chi connectivity index (χ3n) is 4.21. The van der Waals surface area contributed by atoms with Crippen LogP contribution in [-0.2, 0) is 5.41 Å². The van der Waals surface area contributed by atoms with Crippen LogP contribution in [-0.4, -0.2) is 18.9 Å². The molecule has 2 nitrogen and oxygen atoms in total. The third-order valence-corrected chi connectivity index (χ3v) is 5.07. The lowest BCUT2D eigenvalue weighted by molar-refractivity contribution is 0.0847. The van der Waals surface area contributed by atoms with Crippen LogP contribution in [0.3, 0.4) is 0 Å². The molecule has 0 atom stereocenters. The van der Waals surface area contributed by atoms with E-state index in [4.69, 9.17) is 0 Å². The van der Waals surface area contributed by atoms with Gasteiger partial charge in [-0.2, -0.15) is 0 Å². The van der Waals surface area contributed by atoms with Gasteiger partial charge < -0.3 is 5.32 Å². The lowest BCUT2D eigenvalue weighted by Crippen LogP contribution is -2.45. The first-order chi connectivity index (χ1) is 9.72. The number of ketones is 1. The molecule has 1 aliphatic heterocycles. The maximum atomic E-state index is 13.1. The maximum absolute atomic E-state index is 13.1. The molecule has 1 aliphatic rings. The monoisotopic (exact) mass is 285 g/mol. The zero-order valence-electron chi connectivity index (χ0n) is 11.7. The van der Waals surface area contributed by atoms with E-state index in [1.165, 1.54) is 4.88 Å². The van der Waals surface area contributed by atoms with Crippen molar-refractivity contribution in [3.8, 4) is 0 Å². The zero-order chi connectivity index (χ0) is 14.0. The highest BCUT2D eigenvalue weighted by atomic mass is 32.1. The second-order valence-corrected chi connectivity index (χ2v) is 6.59. The molecule has 3 rings (SSSR count). The van der Waals surface area contributed by atoms with Crippen molar-refractivity contribution in [2.24, 2.45) is 0 Å². The predicted octanol–water partition coefficient (Wildman–Crippen LogP) is 3.56. The minimum absolute atomic E-state index is 0.287. The molecular weight excluding hydrogens is 266 g/mol. The predicted molar refractivity (Wildman–Crippen MR) is 83.6 cm³/mol. The molecule has 0 bridgehead atoms. The first-order valence-electron chi connectivity index (χ1n) is 7.08. The van der Waals surface area contributed by atoms with Crippen LogP contribution in [0.15, 0.2) is 41.8 Å². The molecule has 0 spiro atoms. The van der Waals surface area contributed by atoms with Crippen LogP contribution in [0, 0.1) is 6.92 Å². The van der Waals surface area contributed by atoms with E-state index in [-0.39, 0.29) is 11.2 Å². The number of carbonyl (C=O) groups is 1. The number of thiophene rings is 1. The summed E-state index contributed by atoms with van der Waals surface area (Å²) in [6, 6.07) is 12.3. The Labute approximate surface area is 123 Å². The third kappa shape index (κ3) is 2.32. The Kier molecular flexibility index (Phi) is 3.72. The van der Waals surface area contributed by atoms with Crippen molar-refractivity contribution < 1.29 is 4.79 Å². The van der Waals surface area contributed by atoms with E-state index in [1.54, 1.807) is 11.3 Å². The van der Waals surface area contributed by atoms with Crippen molar-refractivity contribution in [2.45, 2.75) is 25.2 Å². The first kappa shape index (κ1) is 13.5. The summed E-state index contributed by atoms with van der Waals surface area (Å²) in [6.07, 6.45) is 1.76. The Balaban J connectivity index is 2.04. The molecular formula is C17H19NOS. The minimum atomic E-state index is -0.347. The number of aryl methyl sites for hydroxylation is 1. The molecule has 0 radical (unpaired) electrons. The lowest BCUT2D eigenvalue weighted by Gasteiger charge is -2.36. The minimum Gasteiger partial charge on any atom is -0.317 e. The molecule has 2 heterocycles. The molecule has 2 aromatic rings. The summed E-state index contributed by atoms with van der Waals surface area (Å²) < 4.78 is 0. The van der Waals surface area contributed by atoms with E-state index >= 15 is 0 Å². The largest absolute Gasteiger partial charge is 0.317 e. The Morgan fingerprint density at radius 2 is 1.90 bits per heavy atom. The molecule has 1 N–H and O–H groups in total. The molecule has 0 saturated carbocycles. The van der Waals surface area contributed by atoms with Gasteiger partial charge >= 0.3 is 0 Å². The van der Waals surface area contributed by atoms with Gasteiger partial charge in [-0.1, -0.05) is 30.3 Å². The summed E-state index contributed by atoms with van der Waals surface area (Å²) in [6.45, 7) is 3.87. The average Bonchev–Trinajstić information content (AvgIpc) is 2.94. The average molecular weight is 285 g/mol. The summed E-state index contributed by atoms with van der Waals surface area (Å²) >= 11 is 1.65. The summed E-state index contributed by atoms with van der Waals surface area (Å²) in [7, 11) is 0. The van der Waals surface area contributed by atoms with Crippen molar-refractivity contribution >= 4 is 17.1 Å². The fraction of sp³-hybridized carbons (Fsp3) is 0.353. The van der Waals surface area contributed by atoms with Crippen LogP contribution in [0.1, 0.15) is 33.6 Å². The molecule has 0 amide bonds. The van der Waals surface area contributed by atoms with Crippen LogP contribution in [0.4, 0.5) is 0 Å². The fourth-order valence-corrected chi connectivity index (χ4v) is 3.78. The van der Waals surface area contributed by atoms with Crippen molar-refractivity contribution in [2.75, 3.05) is 13.1 Å². The first-order valence-corrected chi connectivity index (χ1v) is 7.96. The van der Waals surface area contributed by atoms with E-state index in [0.29, 0.717) is 0 Å². The molecule has 104 valence electrons. The van der Waals surface area contributed by atoms with Crippen LogP contribution in [0.5, 0.6) is 0 Å². The highest BCUT2D eigenvalue weighted by Gasteiger charge is 2.41. The molecule has 3 heteroatoms. The van der Waals surface area contributed by atoms with Crippen LogP contribution < -0.4 is 5.32 Å². The highest BCUT2D eigenvalue weighted by molar-refractivity contribution is 7.10. The number of carbonyl (C=O) groups excluding carboxylic acids is 1. The normalized spacial score (nSPS) is 17.9. The van der Waals surface area contributed by atoms with E-state index in [0.717, 1.165) is 37.1 Å². The van der Waals surface area contributed by atoms with Crippen molar-refractivity contribution in [1.29, 1.82) is 0 Å². The maximum Gasteiger partial charge on any atom is 0.174 e. The Morgan fingerprint density at radius 1 is 1.20 bits per heavy atom. The highest BCUT2D eigenvalue weighted by Crippen LogP contribution is 2.37. The molecule has 1 fully saturated rings. The van der Waals surface area contributed by atoms with E-state index in [2.05, 4.69) is 24.4 Å². The number of rotatable bonds is 3. The van der Waals surface area contributed by atoms with E-state index < -0.39 is 0 Å². The van der Waals surface area contributed by atoms with Gasteiger partial charge in [0.05, 0.1) is 5.41 Å². The topological polar surface area (TPSA) is 29.1 Å². The fourth-order valence-electron chi connectivity index (χ4n) is 3.10. The van der Waals surface area contributed by atoms with Gasteiger partial charge in [0.1, 0.15) is 0 Å². The Hall–Kier alpha value is -1.45. The van der Waals surface area contributed by atoms with Crippen LogP contribution in [0.2, 0.25) is 0 Å². The molecule has 1 aromatic heterocycles. The van der Waals surface area contributed by atoms with Gasteiger partial charge in [-0.15, -0.1) is 11.3 Å². The van der Waals surface area contributed by atoms with Gasteiger partial charge in [-0.3, -0.25) is 4.79 Å². The number of hydrogen-bond acceptors (Lipinski definition) is 3. The standard InChI is InChI=1S/C17H19NOS/c1-13-11-14(12-20-13)16(19)17(7-9-18-10-8-17)15-5-3-2-4-6-15/h2-6,11-12,18H,7-10H2,1H3. The molecule has 0 aliphatic carbocycles. The smallest absolute Gasteiger partial charge is 0.174 e. The Morgan fingerprint density at radius 3 is 2.50 bits per heavy atom. The van der Waals surface area contributed by atoms with E-state index in [1.807, 2.05) is 29.6 Å². The van der Waals surface area contributed by atoms with Gasteiger partial charge in [-0.05, 0) is 44.5 Å². The SMILES string of the molecule is Cc1cc(C(=O)C2(c3ccccc3)CCNCC2)cs1. The van der Waals surface area contributed by atoms with Gasteiger partial charge in [0.2, 0.25) is 0 Å². The number of piperidine rings is 1. The number of benzene rings is 1. The van der Waals surface area contributed by atoms with Gasteiger partial charge in [0.25, 0.3) is 0 Å². The van der Waals surface area contributed by atoms with Gasteiger partial charge in [-0.25, -0.2) is 0 Å².